The maximum atomic E-state index is 4.86. The molecule has 4 heteroatoms. The summed E-state index contributed by atoms with van der Waals surface area (Å²) in [5.74, 6) is 2.03. The lowest BCUT2D eigenvalue weighted by Crippen LogP contribution is -2.27. The Hall–Kier alpha value is -0.610. The van der Waals surface area contributed by atoms with Crippen molar-refractivity contribution in [3.05, 3.63) is 23.3 Å². The molecule has 0 radical (unpaired) electrons. The van der Waals surface area contributed by atoms with Crippen molar-refractivity contribution in [2.45, 2.75) is 75.3 Å². The third kappa shape index (κ3) is 3.98. The van der Waals surface area contributed by atoms with Gasteiger partial charge in [0.15, 0.2) is 0 Å². The van der Waals surface area contributed by atoms with E-state index < -0.39 is 0 Å². The normalized spacial score (nSPS) is 22.4. The van der Waals surface area contributed by atoms with E-state index in [1.807, 2.05) is 0 Å². The molecular weight excluding hydrogens is 278 g/mol. The van der Waals surface area contributed by atoms with Gasteiger partial charge in [0.05, 0.1) is 5.75 Å². The lowest BCUT2D eigenvalue weighted by molar-refractivity contribution is 0.452. The summed E-state index contributed by atoms with van der Waals surface area (Å²) in [6, 6.07) is 0.477. The number of hydrogen-bond donors (Lipinski definition) is 1. The topological polar surface area (TPSA) is 37.8 Å². The van der Waals surface area contributed by atoms with Crippen LogP contribution in [-0.2, 0) is 12.2 Å². The Morgan fingerprint density at radius 3 is 2.90 bits per heavy atom. The zero-order valence-electron chi connectivity index (χ0n) is 13.1. The molecule has 1 fully saturated rings. The number of aryl methyl sites for hydroxylation is 1. The molecule has 0 aromatic carbocycles. The molecule has 1 aromatic heterocycles. The Kier molecular flexibility index (Phi) is 5.53. The van der Waals surface area contributed by atoms with Gasteiger partial charge in [0.25, 0.3) is 0 Å². The van der Waals surface area contributed by atoms with E-state index in [1.54, 1.807) is 0 Å². The van der Waals surface area contributed by atoms with Crippen LogP contribution in [0.4, 0.5) is 0 Å². The van der Waals surface area contributed by atoms with Gasteiger partial charge < -0.3 is 5.32 Å². The van der Waals surface area contributed by atoms with Crippen molar-refractivity contribution in [2.75, 3.05) is 6.54 Å². The minimum Gasteiger partial charge on any atom is -0.310 e. The zero-order chi connectivity index (χ0) is 14.5. The summed E-state index contributed by atoms with van der Waals surface area (Å²) in [6.07, 6.45) is 12.5. The van der Waals surface area contributed by atoms with Crippen molar-refractivity contribution in [1.82, 2.24) is 15.3 Å². The largest absolute Gasteiger partial charge is 0.310 e. The number of hydrogen-bond acceptors (Lipinski definition) is 4. The second-order valence-corrected chi connectivity index (χ2v) is 7.59. The highest BCUT2D eigenvalue weighted by Crippen LogP contribution is 2.32. The van der Waals surface area contributed by atoms with Gasteiger partial charge in [-0.25, -0.2) is 9.97 Å². The molecule has 1 N–H and O–H groups in total. The summed E-state index contributed by atoms with van der Waals surface area (Å²) in [6.45, 7) is 3.31. The summed E-state index contributed by atoms with van der Waals surface area (Å²) in [4.78, 5) is 9.50. The predicted octanol–water partition coefficient (Wildman–Crippen LogP) is 4.03. The predicted molar refractivity (Wildman–Crippen MR) is 89.6 cm³/mol. The van der Waals surface area contributed by atoms with E-state index in [4.69, 9.17) is 4.98 Å². The van der Waals surface area contributed by atoms with Gasteiger partial charge in [-0.1, -0.05) is 19.8 Å². The molecule has 0 amide bonds. The maximum absolute atomic E-state index is 4.86. The lowest BCUT2D eigenvalue weighted by atomic mass is 9.92. The molecular formula is C17H27N3S. The maximum Gasteiger partial charge on any atom is 0.138 e. The fourth-order valence-electron chi connectivity index (χ4n) is 3.44. The van der Waals surface area contributed by atoms with Crippen LogP contribution in [0.2, 0.25) is 0 Å². The molecule has 1 unspecified atom stereocenters. The second kappa shape index (κ2) is 7.59. The number of fused-ring (bicyclic) bond motifs is 1. The van der Waals surface area contributed by atoms with Crippen molar-refractivity contribution >= 4 is 11.8 Å². The Morgan fingerprint density at radius 1 is 1.24 bits per heavy atom. The van der Waals surface area contributed by atoms with E-state index in [0.717, 1.165) is 29.8 Å². The Labute approximate surface area is 132 Å². The van der Waals surface area contributed by atoms with Gasteiger partial charge in [-0.3, -0.25) is 0 Å². The van der Waals surface area contributed by atoms with Gasteiger partial charge in [-0.15, -0.1) is 0 Å². The minimum absolute atomic E-state index is 0.477. The van der Waals surface area contributed by atoms with Crippen LogP contribution in [-0.4, -0.2) is 21.8 Å². The van der Waals surface area contributed by atoms with Gasteiger partial charge in [-0.05, 0) is 45.1 Å². The minimum atomic E-state index is 0.477. The van der Waals surface area contributed by atoms with E-state index in [9.17, 15) is 0 Å². The molecule has 2 aliphatic carbocycles. The highest BCUT2D eigenvalue weighted by atomic mass is 32.2. The molecule has 116 valence electrons. The molecule has 1 heterocycles. The Morgan fingerprint density at radius 2 is 2.10 bits per heavy atom. The van der Waals surface area contributed by atoms with E-state index in [0.29, 0.717) is 6.04 Å². The average Bonchev–Trinajstić information content (AvgIpc) is 3.04. The number of nitrogens with one attached hydrogen (secondary N) is 1. The molecule has 1 saturated carbocycles. The van der Waals surface area contributed by atoms with Crippen LogP contribution >= 0.6 is 11.8 Å². The molecule has 0 aliphatic heterocycles. The first-order chi connectivity index (χ1) is 10.4. The van der Waals surface area contributed by atoms with Gasteiger partial charge >= 0.3 is 0 Å². The molecule has 2 aliphatic rings. The third-order valence-electron chi connectivity index (χ3n) is 4.62. The van der Waals surface area contributed by atoms with Gasteiger partial charge in [0.2, 0.25) is 0 Å². The summed E-state index contributed by atoms with van der Waals surface area (Å²) < 4.78 is 0. The van der Waals surface area contributed by atoms with Gasteiger partial charge in [-0.2, -0.15) is 11.8 Å². The van der Waals surface area contributed by atoms with Crippen LogP contribution in [0.15, 0.2) is 6.20 Å². The first kappa shape index (κ1) is 15.3. The van der Waals surface area contributed by atoms with Crippen molar-refractivity contribution < 1.29 is 0 Å². The lowest BCUT2D eigenvalue weighted by Gasteiger charge is -2.25. The highest BCUT2D eigenvalue weighted by molar-refractivity contribution is 7.99. The quantitative estimate of drug-likeness (QED) is 0.861. The molecule has 3 nitrogen and oxygen atoms in total. The van der Waals surface area contributed by atoms with Crippen LogP contribution < -0.4 is 5.32 Å². The fraction of sp³-hybridized carbons (Fsp3) is 0.765. The molecule has 0 saturated heterocycles. The Balaban J connectivity index is 1.62. The first-order valence-corrected chi connectivity index (χ1v) is 9.61. The number of nitrogens with zero attached hydrogens (tertiary/aromatic N) is 2. The summed E-state index contributed by atoms with van der Waals surface area (Å²) in [7, 11) is 0. The summed E-state index contributed by atoms with van der Waals surface area (Å²) in [5.41, 5.74) is 2.65. The number of rotatable bonds is 6. The van der Waals surface area contributed by atoms with E-state index in [2.05, 4.69) is 35.2 Å². The second-order valence-electron chi connectivity index (χ2n) is 6.30. The van der Waals surface area contributed by atoms with Crippen LogP contribution in [0.1, 0.15) is 75.0 Å². The molecule has 3 rings (SSSR count). The van der Waals surface area contributed by atoms with Crippen LogP contribution in [0.3, 0.4) is 0 Å². The summed E-state index contributed by atoms with van der Waals surface area (Å²) >= 11 is 2.06. The van der Waals surface area contributed by atoms with Crippen molar-refractivity contribution in [2.24, 2.45) is 0 Å². The molecule has 1 aromatic rings. The molecule has 21 heavy (non-hydrogen) atoms. The van der Waals surface area contributed by atoms with Crippen LogP contribution in [0.5, 0.6) is 0 Å². The SMILES string of the molecule is CCCNC1CCCc2nc(CSC3CCCC3)ncc21. The molecule has 0 spiro atoms. The Bertz CT molecular complexity index is 457. The first-order valence-electron chi connectivity index (χ1n) is 8.56. The van der Waals surface area contributed by atoms with Crippen LogP contribution in [0, 0.1) is 0 Å². The van der Waals surface area contributed by atoms with Crippen molar-refractivity contribution in [3.8, 4) is 0 Å². The number of aromatic nitrogens is 2. The standard InChI is InChI=1S/C17H27N3S/c1-2-10-18-15-8-5-9-16-14(15)11-19-17(20-16)12-21-13-6-3-4-7-13/h11,13,15,18H,2-10,12H2,1H3. The van der Waals surface area contributed by atoms with E-state index in [1.165, 1.54) is 56.2 Å². The fourth-order valence-corrected chi connectivity index (χ4v) is 4.63. The molecule has 0 bridgehead atoms. The van der Waals surface area contributed by atoms with Gasteiger partial charge in [0, 0.05) is 28.7 Å². The van der Waals surface area contributed by atoms with Crippen molar-refractivity contribution in [3.63, 3.8) is 0 Å². The summed E-state index contributed by atoms with van der Waals surface area (Å²) in [5, 5.41) is 4.49. The zero-order valence-corrected chi connectivity index (χ0v) is 13.9. The third-order valence-corrected chi connectivity index (χ3v) is 5.99. The monoisotopic (exact) mass is 305 g/mol. The average molecular weight is 305 g/mol. The number of thioether (sulfide) groups is 1. The smallest absolute Gasteiger partial charge is 0.138 e. The molecule has 1 atom stereocenters. The van der Waals surface area contributed by atoms with Gasteiger partial charge in [0.1, 0.15) is 5.82 Å². The van der Waals surface area contributed by atoms with E-state index in [-0.39, 0.29) is 0 Å². The highest BCUT2D eigenvalue weighted by Gasteiger charge is 2.22. The van der Waals surface area contributed by atoms with E-state index >= 15 is 0 Å². The van der Waals surface area contributed by atoms with Crippen molar-refractivity contribution in [1.29, 1.82) is 0 Å². The van der Waals surface area contributed by atoms with Crippen LogP contribution in [0.25, 0.3) is 0 Å².